The van der Waals surface area contributed by atoms with Crippen LogP contribution in [0.25, 0.3) is 0 Å². The third kappa shape index (κ3) is 1.72. The molecule has 3 heteroatoms. The minimum Gasteiger partial charge on any atom is -0.374 e. The highest BCUT2D eigenvalue weighted by molar-refractivity contribution is 4.79. The molecule has 1 atom stereocenters. The smallest absolute Gasteiger partial charge is 0.103 e. The van der Waals surface area contributed by atoms with Crippen LogP contribution < -0.4 is 0 Å². The van der Waals surface area contributed by atoms with E-state index in [2.05, 4.69) is 0 Å². The minimum absolute atomic E-state index is 0.409. The fourth-order valence-electron chi connectivity index (χ4n) is 1.56. The van der Waals surface area contributed by atoms with Gasteiger partial charge in [0.25, 0.3) is 0 Å². The van der Waals surface area contributed by atoms with Crippen molar-refractivity contribution >= 4 is 0 Å². The molecule has 0 N–H and O–H groups in total. The van der Waals surface area contributed by atoms with E-state index in [9.17, 15) is 0 Å². The Kier molecular flexibility index (Phi) is 2.41. The van der Waals surface area contributed by atoms with Crippen LogP contribution in [0.1, 0.15) is 19.3 Å². The van der Waals surface area contributed by atoms with Gasteiger partial charge in [-0.25, -0.2) is 0 Å². The van der Waals surface area contributed by atoms with E-state index in [0.717, 1.165) is 32.6 Å². The molecule has 0 bridgehead atoms. The van der Waals surface area contributed by atoms with Gasteiger partial charge in [0.15, 0.2) is 0 Å². The van der Waals surface area contributed by atoms with Crippen LogP contribution in [0.2, 0.25) is 0 Å². The molecule has 2 fully saturated rings. The monoisotopic (exact) mass is 156 g/mol. The van der Waals surface area contributed by atoms with Crippen molar-refractivity contribution in [3.05, 3.63) is 6.61 Å². The Morgan fingerprint density at radius 3 is 2.91 bits per heavy atom. The minimum atomic E-state index is 0.409. The van der Waals surface area contributed by atoms with Crippen LogP contribution in [0.4, 0.5) is 0 Å². The highest BCUT2D eigenvalue weighted by atomic mass is 16.7. The number of rotatable bonds is 1. The maximum atomic E-state index is 5.41. The summed E-state index contributed by atoms with van der Waals surface area (Å²) in [5.41, 5.74) is 0. The second-order valence-corrected chi connectivity index (χ2v) is 3.04. The molecule has 0 amide bonds. The van der Waals surface area contributed by atoms with E-state index < -0.39 is 0 Å². The van der Waals surface area contributed by atoms with Gasteiger partial charge in [0, 0.05) is 13.2 Å². The molecule has 0 spiro atoms. The van der Waals surface area contributed by atoms with Crippen molar-refractivity contribution in [2.24, 2.45) is 0 Å². The fourth-order valence-corrected chi connectivity index (χ4v) is 1.56. The van der Waals surface area contributed by atoms with Gasteiger partial charge in [-0.05, 0) is 19.3 Å². The summed E-state index contributed by atoms with van der Waals surface area (Å²) < 4.78 is 5.25. The Hall–Kier alpha value is -0.120. The summed E-state index contributed by atoms with van der Waals surface area (Å²) in [6.07, 6.45) is 3.49. The van der Waals surface area contributed by atoms with Gasteiger partial charge in [-0.15, -0.1) is 0 Å². The molecule has 1 unspecified atom stereocenters. The molecule has 0 aliphatic carbocycles. The Balaban J connectivity index is 1.82. The Morgan fingerprint density at radius 1 is 1.27 bits per heavy atom. The SMILES string of the molecule is [CH]1OCCCC1N1CCCO1. The molecule has 2 saturated heterocycles. The molecule has 0 aromatic rings. The second-order valence-electron chi connectivity index (χ2n) is 3.04. The van der Waals surface area contributed by atoms with Crippen molar-refractivity contribution in [3.8, 4) is 0 Å². The maximum Gasteiger partial charge on any atom is 0.103 e. The average molecular weight is 156 g/mol. The quantitative estimate of drug-likeness (QED) is 0.564. The zero-order chi connectivity index (χ0) is 7.52. The predicted octanol–water partition coefficient (Wildman–Crippen LogP) is 0.964. The van der Waals surface area contributed by atoms with E-state index in [1.54, 1.807) is 0 Å². The number of hydroxylamine groups is 2. The first-order valence-corrected chi connectivity index (χ1v) is 4.31. The summed E-state index contributed by atoms with van der Waals surface area (Å²) in [6, 6.07) is 0.409. The van der Waals surface area contributed by atoms with Gasteiger partial charge in [0.05, 0.1) is 12.6 Å². The molecular formula is C8H14NO2. The van der Waals surface area contributed by atoms with E-state index in [1.165, 1.54) is 6.42 Å². The van der Waals surface area contributed by atoms with Gasteiger partial charge in [-0.2, -0.15) is 5.06 Å². The van der Waals surface area contributed by atoms with Crippen LogP contribution in [0, 0.1) is 6.61 Å². The summed E-state index contributed by atoms with van der Waals surface area (Å²) in [4.78, 5) is 5.41. The topological polar surface area (TPSA) is 21.7 Å². The van der Waals surface area contributed by atoms with E-state index in [0.29, 0.717) is 6.04 Å². The number of hydrogen-bond acceptors (Lipinski definition) is 3. The molecule has 63 valence electrons. The van der Waals surface area contributed by atoms with Crippen LogP contribution in [0.15, 0.2) is 0 Å². The van der Waals surface area contributed by atoms with E-state index >= 15 is 0 Å². The third-order valence-corrected chi connectivity index (χ3v) is 2.17. The lowest BCUT2D eigenvalue weighted by molar-refractivity contribution is -0.152. The van der Waals surface area contributed by atoms with Gasteiger partial charge in [0.1, 0.15) is 6.61 Å². The lowest BCUT2D eigenvalue weighted by Gasteiger charge is -2.28. The number of nitrogens with zero attached hydrogens (tertiary/aromatic N) is 1. The summed E-state index contributed by atoms with van der Waals surface area (Å²) in [5.74, 6) is 0. The third-order valence-electron chi connectivity index (χ3n) is 2.17. The maximum absolute atomic E-state index is 5.41. The zero-order valence-electron chi connectivity index (χ0n) is 6.66. The molecule has 0 aromatic carbocycles. The van der Waals surface area contributed by atoms with Crippen molar-refractivity contribution in [3.63, 3.8) is 0 Å². The largest absolute Gasteiger partial charge is 0.374 e. The van der Waals surface area contributed by atoms with Gasteiger partial charge in [-0.1, -0.05) is 0 Å². The first-order valence-electron chi connectivity index (χ1n) is 4.31. The normalized spacial score (nSPS) is 34.4. The van der Waals surface area contributed by atoms with Crippen molar-refractivity contribution in [1.82, 2.24) is 5.06 Å². The van der Waals surface area contributed by atoms with Crippen LogP contribution in [0.5, 0.6) is 0 Å². The molecule has 2 aliphatic rings. The fraction of sp³-hybridized carbons (Fsp3) is 0.875. The van der Waals surface area contributed by atoms with Crippen LogP contribution in [-0.4, -0.2) is 30.9 Å². The first kappa shape index (κ1) is 7.53. The standard InChI is InChI=1S/C8H14NO2/c1-3-8(7-10-5-1)9-4-2-6-11-9/h7-8H,1-6H2. The summed E-state index contributed by atoms with van der Waals surface area (Å²) in [7, 11) is 0. The van der Waals surface area contributed by atoms with Gasteiger partial charge >= 0.3 is 0 Å². The van der Waals surface area contributed by atoms with Gasteiger partial charge < -0.3 is 4.74 Å². The van der Waals surface area contributed by atoms with Crippen molar-refractivity contribution < 1.29 is 9.57 Å². The highest BCUT2D eigenvalue weighted by Gasteiger charge is 2.25. The van der Waals surface area contributed by atoms with Crippen LogP contribution in [0.3, 0.4) is 0 Å². The lowest BCUT2D eigenvalue weighted by Crippen LogP contribution is -2.35. The van der Waals surface area contributed by atoms with E-state index in [4.69, 9.17) is 9.57 Å². The number of hydrogen-bond donors (Lipinski definition) is 0. The molecule has 11 heavy (non-hydrogen) atoms. The molecule has 1 radical (unpaired) electrons. The summed E-state index contributed by atoms with van der Waals surface area (Å²) >= 11 is 0. The summed E-state index contributed by atoms with van der Waals surface area (Å²) in [5, 5.41) is 2.04. The Labute approximate surface area is 67.2 Å². The summed E-state index contributed by atoms with van der Waals surface area (Å²) in [6.45, 7) is 4.73. The highest BCUT2D eigenvalue weighted by Crippen LogP contribution is 2.19. The second kappa shape index (κ2) is 3.52. The molecular weight excluding hydrogens is 142 g/mol. The average Bonchev–Trinajstić information content (AvgIpc) is 2.58. The molecule has 2 heterocycles. The van der Waals surface area contributed by atoms with Crippen LogP contribution >= 0.6 is 0 Å². The lowest BCUT2D eigenvalue weighted by atomic mass is 10.1. The van der Waals surface area contributed by atoms with Gasteiger partial charge in [0.2, 0.25) is 0 Å². The van der Waals surface area contributed by atoms with Gasteiger partial charge in [-0.3, -0.25) is 4.84 Å². The van der Waals surface area contributed by atoms with Crippen molar-refractivity contribution in [2.75, 3.05) is 19.8 Å². The van der Waals surface area contributed by atoms with Crippen molar-refractivity contribution in [1.29, 1.82) is 0 Å². The predicted molar refractivity (Wildman–Crippen MR) is 40.5 cm³/mol. The zero-order valence-corrected chi connectivity index (χ0v) is 6.66. The molecule has 2 rings (SSSR count). The molecule has 3 nitrogen and oxygen atoms in total. The first-order chi connectivity index (χ1) is 5.47. The van der Waals surface area contributed by atoms with E-state index in [-0.39, 0.29) is 0 Å². The van der Waals surface area contributed by atoms with Crippen LogP contribution in [-0.2, 0) is 9.57 Å². The molecule has 2 aliphatic heterocycles. The molecule has 0 saturated carbocycles. The van der Waals surface area contributed by atoms with E-state index in [1.807, 2.05) is 11.7 Å². The Bertz CT molecular complexity index is 117. The number of ether oxygens (including phenoxy) is 1. The Morgan fingerprint density at radius 2 is 2.27 bits per heavy atom. The van der Waals surface area contributed by atoms with Crippen molar-refractivity contribution in [2.45, 2.75) is 25.3 Å². The molecule has 0 aromatic heterocycles.